The summed E-state index contributed by atoms with van der Waals surface area (Å²) in [5.74, 6) is 0.426. The molecule has 0 aromatic heterocycles. The molecular formula is C12H20O2. The number of rotatable bonds is 0. The van der Waals surface area contributed by atoms with E-state index in [0.29, 0.717) is 5.78 Å². The lowest BCUT2D eigenvalue weighted by molar-refractivity contribution is -0.135. The van der Waals surface area contributed by atoms with Crippen molar-refractivity contribution >= 4 is 5.78 Å². The summed E-state index contributed by atoms with van der Waals surface area (Å²) in [6.07, 6.45) is 7.13. The molecule has 0 atom stereocenters. The Bertz CT molecular complexity index is 180. The molecule has 0 radical (unpaired) electrons. The molecule has 1 aliphatic carbocycles. The van der Waals surface area contributed by atoms with Gasteiger partial charge in [0, 0.05) is 19.4 Å². The third-order valence-electron chi connectivity index (χ3n) is 3.15. The van der Waals surface area contributed by atoms with Gasteiger partial charge in [-0.2, -0.15) is 0 Å². The molecule has 2 aliphatic rings. The number of carbonyl (C=O) groups excluding carboxylic acids is 1. The second-order valence-electron chi connectivity index (χ2n) is 4.03. The fraction of sp³-hybridized carbons (Fsp3) is 0.750. The highest BCUT2D eigenvalue weighted by molar-refractivity contribution is 5.79. The van der Waals surface area contributed by atoms with Crippen LogP contribution in [0.5, 0.6) is 0 Å². The largest absolute Gasteiger partial charge is 0.375 e. The zero-order valence-corrected chi connectivity index (χ0v) is 8.89. The maximum absolute atomic E-state index is 11.0. The van der Waals surface area contributed by atoms with Crippen molar-refractivity contribution in [3.8, 4) is 0 Å². The van der Waals surface area contributed by atoms with Crippen LogP contribution in [0.2, 0.25) is 0 Å². The average Bonchev–Trinajstić information content (AvgIpc) is 2.27. The molecule has 0 N–H and O–H groups in total. The molecule has 80 valence electrons. The molecule has 1 aliphatic heterocycles. The van der Waals surface area contributed by atoms with Crippen molar-refractivity contribution in [2.45, 2.75) is 50.5 Å². The summed E-state index contributed by atoms with van der Waals surface area (Å²) in [5, 5.41) is 0. The van der Waals surface area contributed by atoms with E-state index in [1.165, 1.54) is 19.3 Å². The minimum atomic E-state index is 0.117. The van der Waals surface area contributed by atoms with Gasteiger partial charge in [0.25, 0.3) is 0 Å². The van der Waals surface area contributed by atoms with Crippen LogP contribution in [0.15, 0.2) is 13.2 Å². The SMILES string of the molecule is C=C.O=C1CCC2(CCCCO2)CC1. The Balaban J connectivity index is 0.000000461. The summed E-state index contributed by atoms with van der Waals surface area (Å²) < 4.78 is 5.80. The fourth-order valence-electron chi connectivity index (χ4n) is 2.29. The summed E-state index contributed by atoms with van der Waals surface area (Å²) in [6.45, 7) is 6.91. The molecule has 0 amide bonds. The third-order valence-corrected chi connectivity index (χ3v) is 3.15. The van der Waals surface area contributed by atoms with Crippen LogP contribution in [-0.4, -0.2) is 18.0 Å². The lowest BCUT2D eigenvalue weighted by Gasteiger charge is -2.39. The van der Waals surface area contributed by atoms with Crippen molar-refractivity contribution in [3.05, 3.63) is 13.2 Å². The van der Waals surface area contributed by atoms with E-state index in [2.05, 4.69) is 13.2 Å². The first-order chi connectivity index (χ1) is 6.81. The summed E-state index contributed by atoms with van der Waals surface area (Å²) in [7, 11) is 0. The van der Waals surface area contributed by atoms with E-state index in [-0.39, 0.29) is 5.60 Å². The highest BCUT2D eigenvalue weighted by atomic mass is 16.5. The van der Waals surface area contributed by atoms with Crippen LogP contribution >= 0.6 is 0 Å². The Morgan fingerprint density at radius 3 is 2.21 bits per heavy atom. The number of ether oxygens (including phenoxy) is 1. The van der Waals surface area contributed by atoms with Gasteiger partial charge in [-0.25, -0.2) is 0 Å². The molecule has 1 spiro atoms. The summed E-state index contributed by atoms with van der Waals surface area (Å²) in [4.78, 5) is 11.0. The highest BCUT2D eigenvalue weighted by Gasteiger charge is 2.36. The van der Waals surface area contributed by atoms with Crippen LogP contribution in [0.3, 0.4) is 0 Å². The Morgan fingerprint density at radius 1 is 1.07 bits per heavy atom. The number of hydrogen-bond acceptors (Lipinski definition) is 2. The first kappa shape index (κ1) is 11.4. The van der Waals surface area contributed by atoms with E-state index in [4.69, 9.17) is 4.74 Å². The van der Waals surface area contributed by atoms with Crippen molar-refractivity contribution < 1.29 is 9.53 Å². The van der Waals surface area contributed by atoms with Gasteiger partial charge in [0.1, 0.15) is 5.78 Å². The van der Waals surface area contributed by atoms with Crippen LogP contribution in [0.4, 0.5) is 0 Å². The first-order valence-corrected chi connectivity index (χ1v) is 5.46. The zero-order valence-electron chi connectivity index (χ0n) is 8.89. The molecule has 2 fully saturated rings. The zero-order chi connectivity index (χ0) is 10.4. The van der Waals surface area contributed by atoms with Crippen molar-refractivity contribution in [1.29, 1.82) is 0 Å². The lowest BCUT2D eigenvalue weighted by atomic mass is 9.79. The minimum absolute atomic E-state index is 0.117. The van der Waals surface area contributed by atoms with E-state index >= 15 is 0 Å². The predicted molar refractivity (Wildman–Crippen MR) is 57.3 cm³/mol. The van der Waals surface area contributed by atoms with Crippen LogP contribution in [0.25, 0.3) is 0 Å². The molecule has 1 saturated carbocycles. The standard InChI is InChI=1S/C10H16O2.C2H4/c11-9-3-6-10(7-4-9)5-1-2-8-12-10;1-2/h1-8H2;1-2H2. The number of ketones is 1. The molecule has 0 bridgehead atoms. The van der Waals surface area contributed by atoms with Gasteiger partial charge in [0.05, 0.1) is 5.60 Å². The molecule has 0 unspecified atom stereocenters. The molecule has 2 rings (SSSR count). The quantitative estimate of drug-likeness (QED) is 0.557. The molecule has 0 aromatic carbocycles. The van der Waals surface area contributed by atoms with Gasteiger partial charge in [-0.1, -0.05) is 0 Å². The van der Waals surface area contributed by atoms with E-state index in [1.54, 1.807) is 0 Å². The van der Waals surface area contributed by atoms with E-state index in [9.17, 15) is 4.79 Å². The van der Waals surface area contributed by atoms with Crippen molar-refractivity contribution in [3.63, 3.8) is 0 Å². The van der Waals surface area contributed by atoms with Gasteiger partial charge in [-0.05, 0) is 32.1 Å². The van der Waals surface area contributed by atoms with Gasteiger partial charge in [0.2, 0.25) is 0 Å². The van der Waals surface area contributed by atoms with E-state index < -0.39 is 0 Å². The molecule has 0 aromatic rings. The maximum Gasteiger partial charge on any atom is 0.133 e. The average molecular weight is 196 g/mol. The third kappa shape index (κ3) is 2.68. The van der Waals surface area contributed by atoms with Gasteiger partial charge in [-0.15, -0.1) is 13.2 Å². The molecular weight excluding hydrogens is 176 g/mol. The second-order valence-corrected chi connectivity index (χ2v) is 4.03. The predicted octanol–water partition coefficient (Wildman–Crippen LogP) is 2.87. The number of Topliss-reactive ketones (excluding diaryl/α,β-unsaturated/α-hetero) is 1. The van der Waals surface area contributed by atoms with Crippen LogP contribution < -0.4 is 0 Å². The molecule has 2 nitrogen and oxygen atoms in total. The molecule has 1 saturated heterocycles. The van der Waals surface area contributed by atoms with Gasteiger partial charge >= 0.3 is 0 Å². The second kappa shape index (κ2) is 5.30. The van der Waals surface area contributed by atoms with Crippen molar-refractivity contribution in [2.75, 3.05) is 6.61 Å². The van der Waals surface area contributed by atoms with Crippen LogP contribution in [-0.2, 0) is 9.53 Å². The topological polar surface area (TPSA) is 26.3 Å². The normalized spacial score (nSPS) is 25.3. The Labute approximate surface area is 86.3 Å². The maximum atomic E-state index is 11.0. The number of carbonyl (C=O) groups is 1. The molecule has 14 heavy (non-hydrogen) atoms. The fourth-order valence-corrected chi connectivity index (χ4v) is 2.29. The first-order valence-electron chi connectivity index (χ1n) is 5.46. The summed E-state index contributed by atoms with van der Waals surface area (Å²) in [5.41, 5.74) is 0.117. The Kier molecular flexibility index (Phi) is 4.33. The Morgan fingerprint density at radius 2 is 1.71 bits per heavy atom. The van der Waals surface area contributed by atoms with Crippen LogP contribution in [0.1, 0.15) is 44.9 Å². The molecule has 2 heteroatoms. The van der Waals surface area contributed by atoms with Crippen molar-refractivity contribution in [2.24, 2.45) is 0 Å². The monoisotopic (exact) mass is 196 g/mol. The minimum Gasteiger partial charge on any atom is -0.375 e. The van der Waals surface area contributed by atoms with Crippen molar-refractivity contribution in [1.82, 2.24) is 0 Å². The smallest absolute Gasteiger partial charge is 0.133 e. The molecule has 1 heterocycles. The highest BCUT2D eigenvalue weighted by Crippen LogP contribution is 2.37. The Hall–Kier alpha value is -0.630. The van der Waals surface area contributed by atoms with E-state index in [0.717, 1.165) is 32.3 Å². The van der Waals surface area contributed by atoms with Gasteiger partial charge in [-0.3, -0.25) is 4.79 Å². The summed E-state index contributed by atoms with van der Waals surface area (Å²) in [6, 6.07) is 0. The van der Waals surface area contributed by atoms with Crippen LogP contribution in [0, 0.1) is 0 Å². The number of hydrogen-bond donors (Lipinski definition) is 0. The van der Waals surface area contributed by atoms with E-state index in [1.807, 2.05) is 0 Å². The van der Waals surface area contributed by atoms with Gasteiger partial charge in [0.15, 0.2) is 0 Å². The lowest BCUT2D eigenvalue weighted by Crippen LogP contribution is -2.40. The van der Waals surface area contributed by atoms with Gasteiger partial charge < -0.3 is 4.74 Å². The summed E-state index contributed by atoms with van der Waals surface area (Å²) >= 11 is 0.